The summed E-state index contributed by atoms with van der Waals surface area (Å²) >= 11 is 0. The number of carbonyl (C=O) groups is 2. The number of carbonyl (C=O) groups excluding carboxylic acids is 1. The van der Waals surface area contributed by atoms with Gasteiger partial charge in [-0.05, 0) is 19.9 Å². The molecule has 12 heteroatoms. The summed E-state index contributed by atoms with van der Waals surface area (Å²) in [5, 5.41) is 23.2. The van der Waals surface area contributed by atoms with Crippen LogP contribution < -0.4 is 10.5 Å². The quantitative estimate of drug-likeness (QED) is 0.723. The third kappa shape index (κ3) is 3.51. The second kappa shape index (κ2) is 7.37. The van der Waals surface area contributed by atoms with Crippen LogP contribution in [0.2, 0.25) is 0 Å². The predicted molar refractivity (Wildman–Crippen MR) is 94.2 cm³/mol. The average Bonchev–Trinajstić information content (AvgIpc) is 3.05. The molecule has 1 aliphatic rings. The molecule has 3 rings (SSSR count). The monoisotopic (exact) mass is 412 g/mol. The number of morpholine rings is 1. The number of carboxylic acids is 1. The number of hydrogen-bond acceptors (Lipinski definition) is 6. The minimum absolute atomic E-state index is 0.0469. The number of aliphatic carboxylic acids is 1. The number of aliphatic hydroxyl groups is 1. The van der Waals surface area contributed by atoms with Crippen LogP contribution in [-0.4, -0.2) is 61.3 Å². The van der Waals surface area contributed by atoms with Gasteiger partial charge < -0.3 is 14.9 Å². The molecule has 1 amide bonds. The number of anilines is 1. The average molecular weight is 412 g/mol. The second-order valence-electron chi connectivity index (χ2n) is 6.62. The van der Waals surface area contributed by atoms with Crippen LogP contribution in [0, 0.1) is 6.92 Å². The first kappa shape index (κ1) is 20.6. The zero-order chi connectivity index (χ0) is 21.5. The lowest BCUT2D eigenvalue weighted by Crippen LogP contribution is -2.63. The lowest BCUT2D eigenvalue weighted by molar-refractivity contribution is -0.181. The highest BCUT2D eigenvalue weighted by molar-refractivity contribution is 6.02. The largest absolute Gasteiger partial charge is 0.479 e. The lowest BCUT2D eigenvalue weighted by Gasteiger charge is -2.39. The molecule has 0 aliphatic carbocycles. The fourth-order valence-corrected chi connectivity index (χ4v) is 3.05. The lowest BCUT2D eigenvalue weighted by atomic mass is 9.95. The summed E-state index contributed by atoms with van der Waals surface area (Å²) in [5.41, 5.74) is -2.25. The van der Waals surface area contributed by atoms with Crippen molar-refractivity contribution in [1.29, 1.82) is 0 Å². The van der Waals surface area contributed by atoms with Gasteiger partial charge in [-0.15, -0.1) is 5.10 Å². The van der Waals surface area contributed by atoms with Crippen LogP contribution >= 0.6 is 0 Å². The molecule has 3 heterocycles. The maximum Gasteiger partial charge on any atom is 0.336 e. The van der Waals surface area contributed by atoms with E-state index >= 15 is 0 Å². The summed E-state index contributed by atoms with van der Waals surface area (Å²) in [6.45, 7) is -0.243. The number of hydrogen-bond donors (Lipinski definition) is 2. The molecule has 0 radical (unpaired) electrons. The van der Waals surface area contributed by atoms with E-state index in [0.717, 1.165) is 17.2 Å². The van der Waals surface area contributed by atoms with E-state index in [2.05, 4.69) is 5.10 Å². The molecule has 2 aromatic heterocycles. The minimum atomic E-state index is -3.03. The Bertz CT molecular complexity index is 1020. The molecule has 10 nitrogen and oxygen atoms in total. The first-order valence-electron chi connectivity index (χ1n) is 8.50. The van der Waals surface area contributed by atoms with Crippen molar-refractivity contribution in [1.82, 2.24) is 14.3 Å². The molecular weight excluding hydrogens is 394 g/mol. The van der Waals surface area contributed by atoms with Crippen LogP contribution in [0.3, 0.4) is 0 Å². The first-order chi connectivity index (χ1) is 13.6. The van der Waals surface area contributed by atoms with Crippen molar-refractivity contribution in [3.63, 3.8) is 0 Å². The van der Waals surface area contributed by atoms with Gasteiger partial charge in [0.25, 0.3) is 11.5 Å². The number of carboxylic acid groups (broad SMARTS) is 1. The van der Waals surface area contributed by atoms with E-state index in [1.807, 2.05) is 0 Å². The standard InChI is InChI=1S/C17H18F2N4O6/c1-9-7-11(20-23(9)10-3-4-12(24)22(8-10)16(18)19)21-5-6-29-17(2,15(21)28)13(25)14(26)27/h3-4,7-8,13,16,25H,5-6H2,1-2H3,(H,26,27)/t13-,17+/m0/s1. The van der Waals surface area contributed by atoms with Gasteiger partial charge in [-0.2, -0.15) is 8.78 Å². The summed E-state index contributed by atoms with van der Waals surface area (Å²) in [6.07, 6.45) is -1.15. The van der Waals surface area contributed by atoms with Crippen molar-refractivity contribution in [2.75, 3.05) is 18.1 Å². The third-order valence-corrected chi connectivity index (χ3v) is 4.67. The van der Waals surface area contributed by atoms with Gasteiger partial charge in [0.1, 0.15) is 0 Å². The van der Waals surface area contributed by atoms with Crippen LogP contribution in [-0.2, 0) is 14.3 Å². The number of amides is 1. The van der Waals surface area contributed by atoms with Crippen LogP contribution in [0.5, 0.6) is 0 Å². The molecule has 0 spiro atoms. The maximum absolute atomic E-state index is 13.0. The minimum Gasteiger partial charge on any atom is -0.479 e. The van der Waals surface area contributed by atoms with Gasteiger partial charge in [0.2, 0.25) is 0 Å². The predicted octanol–water partition coefficient (Wildman–Crippen LogP) is 0.305. The van der Waals surface area contributed by atoms with Gasteiger partial charge in [-0.25, -0.2) is 9.48 Å². The van der Waals surface area contributed by atoms with Crippen LogP contribution in [0.4, 0.5) is 14.6 Å². The molecule has 156 valence electrons. The number of alkyl halides is 2. The van der Waals surface area contributed by atoms with Crippen LogP contribution in [0.15, 0.2) is 29.2 Å². The number of ether oxygens (including phenoxy) is 1. The number of aliphatic hydroxyl groups excluding tert-OH is 1. The van der Waals surface area contributed by atoms with E-state index in [0.29, 0.717) is 5.69 Å². The summed E-state index contributed by atoms with van der Waals surface area (Å²) in [6, 6.07) is 3.78. The van der Waals surface area contributed by atoms with Gasteiger partial charge in [0, 0.05) is 24.0 Å². The van der Waals surface area contributed by atoms with Gasteiger partial charge >= 0.3 is 12.5 Å². The van der Waals surface area contributed by atoms with Crippen molar-refractivity contribution in [3.05, 3.63) is 40.4 Å². The third-order valence-electron chi connectivity index (χ3n) is 4.67. The molecule has 29 heavy (non-hydrogen) atoms. The normalized spacial score (nSPS) is 20.9. The van der Waals surface area contributed by atoms with Crippen LogP contribution in [0.25, 0.3) is 5.69 Å². The van der Waals surface area contributed by atoms with Gasteiger partial charge in [0.05, 0.1) is 18.8 Å². The summed E-state index contributed by atoms with van der Waals surface area (Å²) < 4.78 is 32.7. The molecule has 0 saturated carbocycles. The highest BCUT2D eigenvalue weighted by atomic mass is 19.3. The fraction of sp³-hybridized carbons (Fsp3) is 0.412. The smallest absolute Gasteiger partial charge is 0.336 e. The van der Waals surface area contributed by atoms with Crippen molar-refractivity contribution in [3.8, 4) is 5.69 Å². The number of pyridine rings is 1. The van der Waals surface area contributed by atoms with Gasteiger partial charge in [0.15, 0.2) is 17.5 Å². The Morgan fingerprint density at radius 1 is 1.34 bits per heavy atom. The van der Waals surface area contributed by atoms with Crippen LogP contribution in [0.1, 0.15) is 19.2 Å². The SMILES string of the molecule is Cc1cc(N2CCO[C@](C)([C@@H](O)C(=O)O)C2=O)nn1-c1ccc(=O)n(C(F)F)c1. The number of aryl methyl sites for hydroxylation is 1. The van der Waals surface area contributed by atoms with Crippen molar-refractivity contribution < 1.29 is 33.3 Å². The Labute approximate surface area is 162 Å². The maximum atomic E-state index is 13.0. The summed E-state index contributed by atoms with van der Waals surface area (Å²) in [4.78, 5) is 36.6. The molecule has 0 aromatic carbocycles. The van der Waals surface area contributed by atoms with Gasteiger partial charge in [-0.1, -0.05) is 0 Å². The molecule has 1 fully saturated rings. The van der Waals surface area contributed by atoms with E-state index in [9.17, 15) is 28.3 Å². The van der Waals surface area contributed by atoms with E-state index < -0.39 is 35.7 Å². The van der Waals surface area contributed by atoms with Gasteiger partial charge in [-0.3, -0.25) is 19.1 Å². The number of nitrogens with zero attached hydrogens (tertiary/aromatic N) is 4. The second-order valence-corrected chi connectivity index (χ2v) is 6.62. The molecule has 0 unspecified atom stereocenters. The molecule has 2 N–H and O–H groups in total. The summed E-state index contributed by atoms with van der Waals surface area (Å²) in [7, 11) is 0. The zero-order valence-corrected chi connectivity index (χ0v) is 15.5. The molecule has 1 aliphatic heterocycles. The van der Waals surface area contributed by atoms with E-state index in [-0.39, 0.29) is 29.2 Å². The number of halogens is 2. The Morgan fingerprint density at radius 2 is 2.03 bits per heavy atom. The van der Waals surface area contributed by atoms with E-state index in [1.54, 1.807) is 6.92 Å². The summed E-state index contributed by atoms with van der Waals surface area (Å²) in [5.74, 6) is -2.30. The molecule has 0 bridgehead atoms. The van der Waals surface area contributed by atoms with Crippen molar-refractivity contribution in [2.45, 2.75) is 32.1 Å². The van der Waals surface area contributed by atoms with E-state index in [1.165, 1.54) is 23.7 Å². The zero-order valence-electron chi connectivity index (χ0n) is 15.5. The fourth-order valence-electron chi connectivity index (χ4n) is 3.05. The number of aromatic nitrogens is 3. The Morgan fingerprint density at radius 3 is 2.66 bits per heavy atom. The highest BCUT2D eigenvalue weighted by Gasteiger charge is 2.51. The Balaban J connectivity index is 1.98. The highest BCUT2D eigenvalue weighted by Crippen LogP contribution is 2.28. The molecule has 1 saturated heterocycles. The topological polar surface area (TPSA) is 127 Å². The molecule has 2 atom stereocenters. The Kier molecular flexibility index (Phi) is 5.24. The Hall–Kier alpha value is -3.12. The first-order valence-corrected chi connectivity index (χ1v) is 8.50. The molecular formula is C17H18F2N4O6. The molecule has 2 aromatic rings. The number of rotatable bonds is 5. The van der Waals surface area contributed by atoms with Crippen molar-refractivity contribution >= 4 is 17.7 Å². The van der Waals surface area contributed by atoms with E-state index in [4.69, 9.17) is 9.84 Å². The van der Waals surface area contributed by atoms with Crippen molar-refractivity contribution in [2.24, 2.45) is 0 Å².